The minimum absolute atomic E-state index is 0.0332. The van der Waals surface area contributed by atoms with Crippen LogP contribution in [0.25, 0.3) is 0 Å². The molecule has 1 aromatic heterocycles. The van der Waals surface area contributed by atoms with Crippen molar-refractivity contribution in [3.05, 3.63) is 66.0 Å². The molecule has 2 unspecified atom stereocenters. The summed E-state index contributed by atoms with van der Waals surface area (Å²) in [5.74, 6) is 2.21. The highest BCUT2D eigenvalue weighted by Gasteiger charge is 2.37. The number of methoxy groups -OCH3 is 4. The Morgan fingerprint density at radius 1 is 0.921 bits per heavy atom. The van der Waals surface area contributed by atoms with Gasteiger partial charge in [-0.25, -0.2) is 4.79 Å². The zero-order chi connectivity index (χ0) is 26.8. The van der Waals surface area contributed by atoms with E-state index in [-0.39, 0.29) is 30.4 Å². The molecular weight excluding hydrogens is 488 g/mol. The number of aromatic nitrogens is 1. The number of hydrogen-bond donors (Lipinski definition) is 1. The zero-order valence-corrected chi connectivity index (χ0v) is 22.0. The average Bonchev–Trinajstić information content (AvgIpc) is 3.57. The van der Waals surface area contributed by atoms with Crippen LogP contribution in [0.4, 0.5) is 10.5 Å². The summed E-state index contributed by atoms with van der Waals surface area (Å²) in [5, 5.41) is 3.11. The molecule has 1 N–H and O–H groups in total. The first-order valence-corrected chi connectivity index (χ1v) is 12.4. The smallest absolute Gasteiger partial charge is 0.318 e. The summed E-state index contributed by atoms with van der Waals surface area (Å²) in [7, 11) is 6.30. The van der Waals surface area contributed by atoms with Crippen molar-refractivity contribution < 1.29 is 28.5 Å². The Bertz CT molecular complexity index is 1300. The summed E-state index contributed by atoms with van der Waals surface area (Å²) < 4.78 is 24.0. The van der Waals surface area contributed by atoms with Gasteiger partial charge in [0.2, 0.25) is 11.7 Å². The van der Waals surface area contributed by atoms with Gasteiger partial charge in [-0.2, -0.15) is 0 Å². The van der Waals surface area contributed by atoms with Gasteiger partial charge in [0.15, 0.2) is 11.5 Å². The Hall–Kier alpha value is -4.34. The number of carbonyl (C=O) groups excluding carboxylic acids is 2. The minimum atomic E-state index is -0.387. The van der Waals surface area contributed by atoms with E-state index < -0.39 is 0 Å². The van der Waals surface area contributed by atoms with Crippen molar-refractivity contribution in [2.75, 3.05) is 46.4 Å². The lowest BCUT2D eigenvalue weighted by Crippen LogP contribution is -2.50. The molecule has 10 heteroatoms. The summed E-state index contributed by atoms with van der Waals surface area (Å²) in [6.45, 7) is 1.56. The first kappa shape index (κ1) is 25.3. The fourth-order valence-electron chi connectivity index (χ4n) is 5.29. The van der Waals surface area contributed by atoms with Crippen LogP contribution in [0.15, 0.2) is 54.7 Å². The van der Waals surface area contributed by atoms with Crippen molar-refractivity contribution in [3.63, 3.8) is 0 Å². The number of nitrogens with zero attached hydrogens (tertiary/aromatic N) is 3. The predicted molar refractivity (Wildman–Crippen MR) is 141 cm³/mol. The van der Waals surface area contributed by atoms with E-state index in [0.29, 0.717) is 36.9 Å². The van der Waals surface area contributed by atoms with Crippen molar-refractivity contribution >= 4 is 17.6 Å². The predicted octanol–water partition coefficient (Wildman–Crippen LogP) is 3.44. The fraction of sp³-hybridized carbons (Fsp3) is 0.357. The average molecular weight is 521 g/mol. The first-order chi connectivity index (χ1) is 18.5. The molecule has 1 saturated heterocycles. The lowest BCUT2D eigenvalue weighted by atomic mass is 9.99. The van der Waals surface area contributed by atoms with Crippen LogP contribution in [0, 0.1) is 0 Å². The van der Waals surface area contributed by atoms with Crippen molar-refractivity contribution in [1.29, 1.82) is 0 Å². The van der Waals surface area contributed by atoms with Crippen LogP contribution in [0.5, 0.6) is 23.0 Å². The molecule has 3 aromatic rings. The normalized spacial score (nSPS) is 18.7. The highest BCUT2D eigenvalue weighted by atomic mass is 16.5. The van der Waals surface area contributed by atoms with Gasteiger partial charge >= 0.3 is 6.03 Å². The lowest BCUT2D eigenvalue weighted by molar-refractivity contribution is -0.117. The van der Waals surface area contributed by atoms with Gasteiger partial charge in [-0.15, -0.1) is 0 Å². The molecule has 2 atom stereocenters. The molecule has 0 spiro atoms. The Balaban J connectivity index is 1.40. The van der Waals surface area contributed by atoms with Crippen LogP contribution < -0.4 is 29.2 Å². The summed E-state index contributed by atoms with van der Waals surface area (Å²) in [4.78, 5) is 30.0. The molecule has 2 aliphatic rings. The molecule has 2 aromatic carbocycles. The fourth-order valence-corrected chi connectivity index (χ4v) is 5.29. The molecule has 38 heavy (non-hydrogen) atoms. The third-order valence-corrected chi connectivity index (χ3v) is 7.14. The van der Waals surface area contributed by atoms with E-state index in [1.54, 1.807) is 38.2 Å². The molecule has 1 fully saturated rings. The van der Waals surface area contributed by atoms with Crippen molar-refractivity contribution in [3.8, 4) is 23.0 Å². The van der Waals surface area contributed by atoms with Crippen molar-refractivity contribution in [2.45, 2.75) is 25.0 Å². The number of ether oxygens (including phenoxy) is 4. The molecule has 3 heterocycles. The lowest BCUT2D eigenvalue weighted by Gasteiger charge is -2.38. The van der Waals surface area contributed by atoms with Crippen molar-refractivity contribution in [2.24, 2.45) is 0 Å². The largest absolute Gasteiger partial charge is 0.497 e. The molecule has 3 amide bonds. The molecule has 0 aliphatic carbocycles. The Morgan fingerprint density at radius 2 is 1.63 bits per heavy atom. The number of nitrogens with one attached hydrogen (secondary N) is 1. The van der Waals surface area contributed by atoms with E-state index in [0.717, 1.165) is 22.7 Å². The second-order valence-electron chi connectivity index (χ2n) is 9.23. The first-order valence-electron chi connectivity index (χ1n) is 12.4. The second kappa shape index (κ2) is 10.6. The van der Waals surface area contributed by atoms with Gasteiger partial charge in [0.05, 0.1) is 40.5 Å². The van der Waals surface area contributed by atoms with Crippen LogP contribution >= 0.6 is 0 Å². The maximum absolute atomic E-state index is 13.7. The maximum Gasteiger partial charge on any atom is 0.318 e. The minimum Gasteiger partial charge on any atom is -0.497 e. The number of hydrogen-bond acceptors (Lipinski definition) is 6. The molecule has 5 rings (SSSR count). The summed E-state index contributed by atoms with van der Waals surface area (Å²) in [5.41, 5.74) is 2.58. The zero-order valence-electron chi connectivity index (χ0n) is 22.0. The molecule has 200 valence electrons. The van der Waals surface area contributed by atoms with E-state index >= 15 is 0 Å². The number of urea groups is 1. The molecule has 2 aliphatic heterocycles. The van der Waals surface area contributed by atoms with Gasteiger partial charge in [0, 0.05) is 43.6 Å². The third-order valence-electron chi connectivity index (χ3n) is 7.14. The van der Waals surface area contributed by atoms with E-state index in [1.807, 2.05) is 54.7 Å². The van der Waals surface area contributed by atoms with E-state index in [9.17, 15) is 9.59 Å². The van der Waals surface area contributed by atoms with Gasteiger partial charge in [0.1, 0.15) is 5.75 Å². The molecule has 0 radical (unpaired) electrons. The quantitative estimate of drug-likeness (QED) is 0.513. The highest BCUT2D eigenvalue weighted by molar-refractivity contribution is 5.96. The van der Waals surface area contributed by atoms with Crippen molar-refractivity contribution in [1.82, 2.24) is 14.8 Å². The van der Waals surface area contributed by atoms with Gasteiger partial charge in [0.25, 0.3) is 0 Å². The van der Waals surface area contributed by atoms with Gasteiger partial charge in [-0.1, -0.05) is 0 Å². The number of rotatable bonds is 7. The van der Waals surface area contributed by atoms with Crippen LogP contribution in [0.1, 0.15) is 23.7 Å². The second-order valence-corrected chi connectivity index (χ2v) is 9.23. The molecule has 0 bridgehead atoms. The summed E-state index contributed by atoms with van der Waals surface area (Å²) >= 11 is 0. The van der Waals surface area contributed by atoms with Crippen LogP contribution in [-0.2, 0) is 11.3 Å². The molecule has 10 nitrogen and oxygen atoms in total. The van der Waals surface area contributed by atoms with E-state index in [1.165, 1.54) is 0 Å². The summed E-state index contributed by atoms with van der Waals surface area (Å²) in [6.07, 6.45) is 2.24. The summed E-state index contributed by atoms with van der Waals surface area (Å²) in [6, 6.07) is 14.1. The number of amides is 3. The van der Waals surface area contributed by atoms with Gasteiger partial charge < -0.3 is 38.6 Å². The van der Waals surface area contributed by atoms with Crippen LogP contribution in [0.3, 0.4) is 0 Å². The highest BCUT2D eigenvalue weighted by Crippen LogP contribution is 2.43. The number of fused-ring (bicyclic) bond motifs is 1. The number of anilines is 1. The monoisotopic (exact) mass is 520 g/mol. The molecule has 0 saturated carbocycles. The van der Waals surface area contributed by atoms with E-state index in [2.05, 4.69) is 9.88 Å². The number of carbonyl (C=O) groups is 2. The Morgan fingerprint density at radius 3 is 2.26 bits per heavy atom. The van der Waals surface area contributed by atoms with E-state index in [4.69, 9.17) is 18.9 Å². The maximum atomic E-state index is 13.7. The van der Waals surface area contributed by atoms with Gasteiger partial charge in [-0.3, -0.25) is 4.79 Å². The topological polar surface area (TPSA) is 94.5 Å². The van der Waals surface area contributed by atoms with Crippen LogP contribution in [-0.4, -0.2) is 69.0 Å². The SMILES string of the molecule is COc1ccc(N2CC(NC(=O)N3CCn4cccc4C3c3cc(OC)c(OC)c(OC)c3)CC2=O)cc1. The van der Waals surface area contributed by atoms with Crippen LogP contribution in [0.2, 0.25) is 0 Å². The number of benzene rings is 2. The Labute approximate surface area is 221 Å². The molecular formula is C28H32N4O6. The van der Waals surface area contributed by atoms with Gasteiger partial charge in [-0.05, 0) is 54.1 Å². The standard InChI is InChI=1S/C28H32N4O6/c1-35-21-9-7-20(8-10-21)32-17-19(16-25(32)33)29-28(34)31-13-12-30-11-5-6-22(30)26(31)18-14-23(36-2)27(38-4)24(15-18)37-3/h5-11,14-15,19,26H,12-13,16-17H2,1-4H3,(H,29,34). The third kappa shape index (κ3) is 4.57. The Kier molecular flexibility index (Phi) is 7.04.